The Bertz CT molecular complexity index is 592. The maximum atomic E-state index is 12.3. The number of hydrogen-bond donors (Lipinski definition) is 1. The number of carbonyl (C=O) groups is 1. The minimum Gasteiger partial charge on any atom is -0.345 e. The standard InChI is InChI=1S/C17H18ClNO/c1-3-16(13-7-9-15(18)10-8-13)19-17(20)14-6-4-5-12(2)11-14/h4-11,16H,3H2,1-2H3,(H,19,20). The molecule has 0 aliphatic carbocycles. The molecule has 1 unspecified atom stereocenters. The van der Waals surface area contributed by atoms with Crippen molar-refractivity contribution in [1.82, 2.24) is 5.32 Å². The first-order valence-corrected chi connectivity index (χ1v) is 7.11. The van der Waals surface area contributed by atoms with Gasteiger partial charge in [0.05, 0.1) is 6.04 Å². The molecule has 0 fully saturated rings. The molecule has 0 aromatic heterocycles. The van der Waals surface area contributed by atoms with Gasteiger partial charge >= 0.3 is 0 Å². The van der Waals surface area contributed by atoms with Crippen LogP contribution in [0.4, 0.5) is 0 Å². The minimum absolute atomic E-state index is 0.000258. The van der Waals surface area contributed by atoms with Crippen LogP contribution in [0.15, 0.2) is 48.5 Å². The second kappa shape index (κ2) is 6.58. The van der Waals surface area contributed by atoms with Crippen LogP contribution in [0.25, 0.3) is 0 Å². The molecule has 0 saturated carbocycles. The summed E-state index contributed by atoms with van der Waals surface area (Å²) in [4.78, 5) is 12.3. The Hall–Kier alpha value is -1.80. The minimum atomic E-state index is -0.0458. The number of rotatable bonds is 4. The molecule has 1 atom stereocenters. The topological polar surface area (TPSA) is 29.1 Å². The Labute approximate surface area is 124 Å². The van der Waals surface area contributed by atoms with Gasteiger partial charge in [-0.2, -0.15) is 0 Å². The van der Waals surface area contributed by atoms with Crippen LogP contribution >= 0.6 is 11.6 Å². The predicted molar refractivity (Wildman–Crippen MR) is 83.1 cm³/mol. The fraction of sp³-hybridized carbons (Fsp3) is 0.235. The van der Waals surface area contributed by atoms with Gasteiger partial charge in [0.1, 0.15) is 0 Å². The van der Waals surface area contributed by atoms with Crippen LogP contribution in [-0.4, -0.2) is 5.91 Å². The van der Waals surface area contributed by atoms with Gasteiger partial charge in [-0.3, -0.25) is 4.79 Å². The van der Waals surface area contributed by atoms with E-state index in [9.17, 15) is 4.79 Å². The van der Waals surface area contributed by atoms with Gasteiger partial charge in [-0.05, 0) is 43.2 Å². The van der Waals surface area contributed by atoms with Crippen molar-refractivity contribution < 1.29 is 4.79 Å². The summed E-state index contributed by atoms with van der Waals surface area (Å²) in [7, 11) is 0. The Morgan fingerprint density at radius 2 is 1.90 bits per heavy atom. The van der Waals surface area contributed by atoms with Gasteiger partial charge < -0.3 is 5.32 Å². The first-order valence-electron chi connectivity index (χ1n) is 6.73. The van der Waals surface area contributed by atoms with E-state index in [-0.39, 0.29) is 11.9 Å². The smallest absolute Gasteiger partial charge is 0.251 e. The van der Waals surface area contributed by atoms with E-state index in [4.69, 9.17) is 11.6 Å². The lowest BCUT2D eigenvalue weighted by molar-refractivity contribution is 0.0935. The van der Waals surface area contributed by atoms with E-state index in [2.05, 4.69) is 12.2 Å². The average Bonchev–Trinajstić information content (AvgIpc) is 2.45. The molecule has 2 aromatic rings. The summed E-state index contributed by atoms with van der Waals surface area (Å²) in [5, 5.41) is 3.77. The van der Waals surface area contributed by atoms with Crippen molar-refractivity contribution in [2.24, 2.45) is 0 Å². The van der Waals surface area contributed by atoms with Crippen LogP contribution in [0.2, 0.25) is 5.02 Å². The molecule has 0 bridgehead atoms. The summed E-state index contributed by atoms with van der Waals surface area (Å²) in [5.74, 6) is -0.0458. The average molecular weight is 288 g/mol. The van der Waals surface area contributed by atoms with Crippen LogP contribution in [0.1, 0.15) is 40.9 Å². The molecule has 0 aliphatic rings. The zero-order valence-corrected chi connectivity index (χ0v) is 12.4. The number of aryl methyl sites for hydroxylation is 1. The third kappa shape index (κ3) is 3.61. The molecule has 0 heterocycles. The van der Waals surface area contributed by atoms with Crippen molar-refractivity contribution in [1.29, 1.82) is 0 Å². The van der Waals surface area contributed by atoms with E-state index in [1.54, 1.807) is 0 Å². The van der Waals surface area contributed by atoms with Gasteiger partial charge in [0.2, 0.25) is 0 Å². The number of amides is 1. The van der Waals surface area contributed by atoms with Crippen molar-refractivity contribution in [2.45, 2.75) is 26.3 Å². The molecule has 0 radical (unpaired) electrons. The van der Waals surface area contributed by atoms with Crippen molar-refractivity contribution >= 4 is 17.5 Å². The Kier molecular flexibility index (Phi) is 4.80. The van der Waals surface area contributed by atoms with E-state index in [1.807, 2.05) is 55.5 Å². The molecule has 0 spiro atoms. The highest BCUT2D eigenvalue weighted by atomic mass is 35.5. The van der Waals surface area contributed by atoms with Crippen LogP contribution in [-0.2, 0) is 0 Å². The SMILES string of the molecule is CCC(NC(=O)c1cccc(C)c1)c1ccc(Cl)cc1. The van der Waals surface area contributed by atoms with Crippen molar-refractivity contribution in [3.63, 3.8) is 0 Å². The highest BCUT2D eigenvalue weighted by Crippen LogP contribution is 2.19. The summed E-state index contributed by atoms with van der Waals surface area (Å²) < 4.78 is 0. The monoisotopic (exact) mass is 287 g/mol. The van der Waals surface area contributed by atoms with Crippen molar-refractivity contribution in [3.05, 3.63) is 70.2 Å². The van der Waals surface area contributed by atoms with Crippen LogP contribution in [0, 0.1) is 6.92 Å². The highest BCUT2D eigenvalue weighted by Gasteiger charge is 2.14. The van der Waals surface area contributed by atoms with Crippen LogP contribution in [0.5, 0.6) is 0 Å². The second-order valence-corrected chi connectivity index (χ2v) is 5.29. The lowest BCUT2D eigenvalue weighted by atomic mass is 10.0. The molecule has 3 heteroatoms. The maximum absolute atomic E-state index is 12.3. The number of benzene rings is 2. The van der Waals surface area contributed by atoms with E-state index in [0.29, 0.717) is 10.6 Å². The fourth-order valence-corrected chi connectivity index (χ4v) is 2.27. The van der Waals surface area contributed by atoms with Gasteiger partial charge in [0.25, 0.3) is 5.91 Å². The van der Waals surface area contributed by atoms with Gasteiger partial charge in [-0.25, -0.2) is 0 Å². The van der Waals surface area contributed by atoms with Crippen LogP contribution < -0.4 is 5.32 Å². The number of nitrogens with one attached hydrogen (secondary N) is 1. The Morgan fingerprint density at radius 1 is 1.20 bits per heavy atom. The zero-order chi connectivity index (χ0) is 14.5. The lowest BCUT2D eigenvalue weighted by Gasteiger charge is -2.17. The fourth-order valence-electron chi connectivity index (χ4n) is 2.14. The molecule has 20 heavy (non-hydrogen) atoms. The zero-order valence-electron chi connectivity index (χ0n) is 11.7. The number of halogens is 1. The Morgan fingerprint density at radius 3 is 2.50 bits per heavy atom. The second-order valence-electron chi connectivity index (χ2n) is 4.86. The summed E-state index contributed by atoms with van der Waals surface area (Å²) in [6, 6.07) is 15.2. The normalized spacial score (nSPS) is 11.9. The Balaban J connectivity index is 2.14. The molecule has 0 saturated heterocycles. The molecular formula is C17H18ClNO. The van der Waals surface area contributed by atoms with Gasteiger partial charge in [-0.15, -0.1) is 0 Å². The van der Waals surface area contributed by atoms with Crippen molar-refractivity contribution in [3.8, 4) is 0 Å². The summed E-state index contributed by atoms with van der Waals surface area (Å²) in [5.41, 5.74) is 2.84. The van der Waals surface area contributed by atoms with Crippen LogP contribution in [0.3, 0.4) is 0 Å². The predicted octanol–water partition coefficient (Wildman–Crippen LogP) is 4.53. The molecule has 1 amide bonds. The summed E-state index contributed by atoms with van der Waals surface area (Å²) >= 11 is 5.89. The van der Waals surface area contributed by atoms with Gasteiger partial charge in [-0.1, -0.05) is 48.4 Å². The van der Waals surface area contributed by atoms with E-state index < -0.39 is 0 Å². The molecule has 2 nitrogen and oxygen atoms in total. The molecular weight excluding hydrogens is 270 g/mol. The maximum Gasteiger partial charge on any atom is 0.251 e. The van der Waals surface area contributed by atoms with E-state index in [0.717, 1.165) is 17.5 Å². The van der Waals surface area contributed by atoms with E-state index in [1.165, 1.54) is 0 Å². The summed E-state index contributed by atoms with van der Waals surface area (Å²) in [6.45, 7) is 4.03. The quantitative estimate of drug-likeness (QED) is 0.879. The largest absolute Gasteiger partial charge is 0.345 e. The lowest BCUT2D eigenvalue weighted by Crippen LogP contribution is -2.28. The van der Waals surface area contributed by atoms with Crippen molar-refractivity contribution in [2.75, 3.05) is 0 Å². The molecule has 104 valence electrons. The molecule has 2 aromatic carbocycles. The van der Waals surface area contributed by atoms with Gasteiger partial charge in [0, 0.05) is 10.6 Å². The molecule has 1 N–H and O–H groups in total. The number of carbonyl (C=O) groups excluding carboxylic acids is 1. The molecule has 0 aliphatic heterocycles. The first kappa shape index (κ1) is 14.6. The highest BCUT2D eigenvalue weighted by molar-refractivity contribution is 6.30. The third-order valence-corrected chi connectivity index (χ3v) is 3.52. The summed E-state index contributed by atoms with van der Waals surface area (Å²) in [6.07, 6.45) is 0.833. The number of hydrogen-bond acceptors (Lipinski definition) is 1. The third-order valence-electron chi connectivity index (χ3n) is 3.27. The van der Waals surface area contributed by atoms with E-state index >= 15 is 0 Å². The van der Waals surface area contributed by atoms with Gasteiger partial charge in [0.15, 0.2) is 0 Å². The molecule has 2 rings (SSSR count). The first-order chi connectivity index (χ1) is 9.60.